The molecule has 0 aliphatic rings. The number of azo groups is 1. The summed E-state index contributed by atoms with van der Waals surface area (Å²) in [4.78, 5) is 12.7. The lowest BCUT2D eigenvalue weighted by Crippen LogP contribution is -2.09. The minimum atomic E-state index is -0.572. The average Bonchev–Trinajstić information content (AvgIpc) is 2.94. The van der Waals surface area contributed by atoms with E-state index in [4.69, 9.17) is 37.4 Å². The van der Waals surface area contributed by atoms with Crippen molar-refractivity contribution in [1.82, 2.24) is 0 Å². The summed E-state index contributed by atoms with van der Waals surface area (Å²) in [6.45, 7) is 5.41. The molecule has 0 amide bonds. The number of esters is 1. The first-order valence-corrected chi connectivity index (χ1v) is 14.3. The summed E-state index contributed by atoms with van der Waals surface area (Å²) in [5.41, 5.74) is 1.43. The molecule has 208 valence electrons. The first kappa shape index (κ1) is 30.5. The van der Waals surface area contributed by atoms with Gasteiger partial charge in [-0.25, -0.2) is 4.79 Å². The zero-order chi connectivity index (χ0) is 27.9. The van der Waals surface area contributed by atoms with Gasteiger partial charge in [0.05, 0.1) is 40.2 Å². The van der Waals surface area contributed by atoms with E-state index in [2.05, 4.69) is 17.2 Å². The number of unbranched alkanes of at least 4 members (excludes halogenated alkanes) is 7. The second-order valence-corrected chi connectivity index (χ2v) is 9.92. The van der Waals surface area contributed by atoms with E-state index in [0.717, 1.165) is 12.2 Å². The zero-order valence-corrected chi connectivity index (χ0v) is 24.1. The van der Waals surface area contributed by atoms with Gasteiger partial charge in [-0.1, -0.05) is 75.1 Å². The highest BCUT2D eigenvalue weighted by atomic mass is 35.5. The molecule has 3 aromatic rings. The van der Waals surface area contributed by atoms with E-state index in [1.807, 2.05) is 19.1 Å². The predicted octanol–water partition coefficient (Wildman–Crippen LogP) is 10.5. The number of benzene rings is 3. The Kier molecular flexibility index (Phi) is 13.1. The van der Waals surface area contributed by atoms with Crippen LogP contribution in [0.3, 0.4) is 0 Å². The zero-order valence-electron chi connectivity index (χ0n) is 22.6. The van der Waals surface area contributed by atoms with Gasteiger partial charge in [-0.2, -0.15) is 10.2 Å². The maximum atomic E-state index is 12.7. The van der Waals surface area contributed by atoms with Crippen LogP contribution in [0.5, 0.6) is 17.2 Å². The Labute approximate surface area is 241 Å². The van der Waals surface area contributed by atoms with Gasteiger partial charge in [0, 0.05) is 0 Å². The normalized spacial score (nSPS) is 11.1. The lowest BCUT2D eigenvalue weighted by molar-refractivity contribution is 0.0735. The van der Waals surface area contributed by atoms with Crippen LogP contribution in [0.4, 0.5) is 11.4 Å². The largest absolute Gasteiger partial charge is 0.494 e. The molecule has 39 heavy (non-hydrogen) atoms. The van der Waals surface area contributed by atoms with Crippen molar-refractivity contribution in [2.75, 3.05) is 13.2 Å². The third-order valence-electron chi connectivity index (χ3n) is 5.96. The van der Waals surface area contributed by atoms with Crippen LogP contribution in [0.1, 0.15) is 75.6 Å². The summed E-state index contributed by atoms with van der Waals surface area (Å²) in [7, 11) is 0. The summed E-state index contributed by atoms with van der Waals surface area (Å²) in [6, 6.07) is 17.1. The summed E-state index contributed by atoms with van der Waals surface area (Å²) in [5, 5.41) is 8.68. The van der Waals surface area contributed by atoms with Crippen LogP contribution in [0.2, 0.25) is 10.0 Å². The van der Waals surface area contributed by atoms with Crippen LogP contribution in [0, 0.1) is 0 Å². The monoisotopic (exact) mass is 570 g/mol. The first-order chi connectivity index (χ1) is 19.0. The minimum Gasteiger partial charge on any atom is -0.494 e. The third-order valence-corrected chi connectivity index (χ3v) is 6.52. The standard InChI is InChI=1S/C31H36Cl2N2O4/c1-3-5-6-7-8-9-10-11-20-38-27-16-12-23(13-17-27)31(36)39-30-28(32)21-25(22-29(30)33)35-34-24-14-18-26(19-15-24)37-4-2/h12-19,21-22H,3-11,20H2,1-2H3. The number of hydrogen-bond donors (Lipinski definition) is 0. The van der Waals surface area contributed by atoms with E-state index in [9.17, 15) is 4.79 Å². The SMILES string of the molecule is CCCCCCCCCCOc1ccc(C(=O)Oc2c(Cl)cc(N=Nc3ccc(OCC)cc3)cc2Cl)cc1. The van der Waals surface area contributed by atoms with Crippen LogP contribution >= 0.6 is 23.2 Å². The van der Waals surface area contributed by atoms with Crippen LogP contribution in [-0.2, 0) is 0 Å². The molecule has 0 fully saturated rings. The van der Waals surface area contributed by atoms with Crippen LogP contribution in [0.15, 0.2) is 70.9 Å². The Bertz CT molecular complexity index is 1180. The topological polar surface area (TPSA) is 69.5 Å². The van der Waals surface area contributed by atoms with Crippen LogP contribution in [-0.4, -0.2) is 19.2 Å². The molecule has 8 heteroatoms. The van der Waals surface area contributed by atoms with Crippen molar-refractivity contribution in [1.29, 1.82) is 0 Å². The van der Waals surface area contributed by atoms with Crippen molar-refractivity contribution < 1.29 is 19.0 Å². The highest BCUT2D eigenvalue weighted by molar-refractivity contribution is 6.37. The van der Waals surface area contributed by atoms with E-state index in [1.165, 1.54) is 57.1 Å². The Hall–Kier alpha value is -3.09. The van der Waals surface area contributed by atoms with E-state index >= 15 is 0 Å². The molecule has 0 aliphatic heterocycles. The van der Waals surface area contributed by atoms with Gasteiger partial charge in [-0.05, 0) is 74.0 Å². The summed E-state index contributed by atoms with van der Waals surface area (Å²) in [5.74, 6) is 0.970. The van der Waals surface area contributed by atoms with E-state index in [1.54, 1.807) is 36.4 Å². The quantitative estimate of drug-likeness (QED) is 0.0742. The minimum absolute atomic E-state index is 0.0679. The molecule has 0 radical (unpaired) electrons. The molecule has 0 atom stereocenters. The molecule has 0 aromatic heterocycles. The Morgan fingerprint density at radius 1 is 0.692 bits per heavy atom. The Balaban J connectivity index is 1.48. The fourth-order valence-electron chi connectivity index (χ4n) is 3.86. The Morgan fingerprint density at radius 3 is 1.85 bits per heavy atom. The van der Waals surface area contributed by atoms with E-state index < -0.39 is 5.97 Å². The van der Waals surface area contributed by atoms with Crippen molar-refractivity contribution in [2.45, 2.75) is 65.2 Å². The van der Waals surface area contributed by atoms with Gasteiger partial charge in [0.25, 0.3) is 0 Å². The van der Waals surface area contributed by atoms with E-state index in [0.29, 0.717) is 35.9 Å². The second-order valence-electron chi connectivity index (χ2n) is 9.10. The molecule has 0 N–H and O–H groups in total. The number of halogens is 2. The van der Waals surface area contributed by atoms with Gasteiger partial charge < -0.3 is 14.2 Å². The van der Waals surface area contributed by atoms with E-state index in [-0.39, 0.29) is 15.8 Å². The van der Waals surface area contributed by atoms with Crippen molar-refractivity contribution in [3.05, 3.63) is 76.3 Å². The number of carbonyl (C=O) groups is 1. The Morgan fingerprint density at radius 2 is 1.23 bits per heavy atom. The van der Waals surface area contributed by atoms with Crippen molar-refractivity contribution in [2.24, 2.45) is 10.2 Å². The lowest BCUT2D eigenvalue weighted by Gasteiger charge is -2.10. The second kappa shape index (κ2) is 16.8. The fourth-order valence-corrected chi connectivity index (χ4v) is 4.41. The molecule has 0 saturated heterocycles. The average molecular weight is 572 g/mol. The highest BCUT2D eigenvalue weighted by Gasteiger charge is 2.16. The number of nitrogens with zero attached hydrogens (tertiary/aromatic N) is 2. The first-order valence-electron chi connectivity index (χ1n) is 13.6. The third kappa shape index (κ3) is 10.5. The fraction of sp³-hybridized carbons (Fsp3) is 0.387. The lowest BCUT2D eigenvalue weighted by atomic mass is 10.1. The molecule has 0 saturated carbocycles. The molecule has 0 aliphatic carbocycles. The molecule has 3 rings (SSSR count). The number of carbonyl (C=O) groups excluding carboxylic acids is 1. The number of hydrogen-bond acceptors (Lipinski definition) is 6. The summed E-state index contributed by atoms with van der Waals surface area (Å²) in [6.07, 6.45) is 9.99. The maximum Gasteiger partial charge on any atom is 0.343 e. The molecule has 6 nitrogen and oxygen atoms in total. The van der Waals surface area contributed by atoms with Gasteiger partial charge in [-0.15, -0.1) is 0 Å². The molecular weight excluding hydrogens is 535 g/mol. The van der Waals surface area contributed by atoms with Crippen molar-refractivity contribution >= 4 is 40.5 Å². The van der Waals surface area contributed by atoms with Gasteiger partial charge in [0.1, 0.15) is 11.5 Å². The number of ether oxygens (including phenoxy) is 3. The van der Waals surface area contributed by atoms with Crippen molar-refractivity contribution in [3.8, 4) is 17.2 Å². The van der Waals surface area contributed by atoms with Crippen LogP contribution in [0.25, 0.3) is 0 Å². The predicted molar refractivity (Wildman–Crippen MR) is 158 cm³/mol. The maximum absolute atomic E-state index is 12.7. The molecule has 0 spiro atoms. The summed E-state index contributed by atoms with van der Waals surface area (Å²) >= 11 is 12.7. The molecule has 0 unspecified atom stereocenters. The number of rotatable bonds is 16. The summed E-state index contributed by atoms with van der Waals surface area (Å²) < 4.78 is 16.7. The smallest absolute Gasteiger partial charge is 0.343 e. The van der Waals surface area contributed by atoms with Gasteiger partial charge in [-0.3, -0.25) is 0 Å². The molecule has 3 aromatic carbocycles. The molecule has 0 heterocycles. The highest BCUT2D eigenvalue weighted by Crippen LogP contribution is 2.38. The molecule has 0 bridgehead atoms. The van der Waals surface area contributed by atoms with Crippen molar-refractivity contribution in [3.63, 3.8) is 0 Å². The molecular formula is C31H36Cl2N2O4. The van der Waals surface area contributed by atoms with Gasteiger partial charge in [0.15, 0.2) is 5.75 Å². The van der Waals surface area contributed by atoms with Gasteiger partial charge >= 0.3 is 5.97 Å². The van der Waals surface area contributed by atoms with Crippen LogP contribution < -0.4 is 14.2 Å². The van der Waals surface area contributed by atoms with Gasteiger partial charge in [0.2, 0.25) is 0 Å².